The van der Waals surface area contributed by atoms with Crippen LogP contribution in [0.4, 0.5) is 0 Å². The standard InChI is InChI=1S/C10H5ClN2O/c11-8-3-1-7(2-4-8)10-13-9(5-12)6-14-10/h1-4,6H. The molecular formula is C10H5ClN2O. The van der Waals surface area contributed by atoms with E-state index in [-0.39, 0.29) is 5.69 Å². The Morgan fingerprint density at radius 3 is 2.57 bits per heavy atom. The van der Waals surface area contributed by atoms with Crippen molar-refractivity contribution in [2.75, 3.05) is 0 Å². The molecule has 68 valence electrons. The zero-order valence-corrected chi connectivity index (χ0v) is 7.82. The van der Waals surface area contributed by atoms with Gasteiger partial charge in [-0.3, -0.25) is 0 Å². The van der Waals surface area contributed by atoms with Crippen molar-refractivity contribution in [3.63, 3.8) is 0 Å². The highest BCUT2D eigenvalue weighted by molar-refractivity contribution is 6.30. The molecule has 4 heteroatoms. The van der Waals surface area contributed by atoms with Gasteiger partial charge in [-0.15, -0.1) is 0 Å². The fraction of sp³-hybridized carbons (Fsp3) is 0. The average Bonchev–Trinajstić information content (AvgIpc) is 2.67. The number of halogens is 1. The maximum Gasteiger partial charge on any atom is 0.227 e. The zero-order chi connectivity index (χ0) is 9.97. The molecule has 0 saturated heterocycles. The minimum Gasteiger partial charge on any atom is -0.443 e. The molecule has 14 heavy (non-hydrogen) atoms. The molecule has 0 fully saturated rings. The molecule has 0 atom stereocenters. The zero-order valence-electron chi connectivity index (χ0n) is 7.07. The third-order valence-electron chi connectivity index (χ3n) is 1.71. The molecule has 1 aromatic heterocycles. The summed E-state index contributed by atoms with van der Waals surface area (Å²) in [7, 11) is 0. The Morgan fingerprint density at radius 2 is 2.00 bits per heavy atom. The topological polar surface area (TPSA) is 49.8 Å². The Bertz CT molecular complexity index is 482. The van der Waals surface area contributed by atoms with Crippen LogP contribution in [0.1, 0.15) is 5.69 Å². The average molecular weight is 205 g/mol. The first kappa shape index (κ1) is 8.79. The van der Waals surface area contributed by atoms with Crippen LogP contribution < -0.4 is 0 Å². The first-order chi connectivity index (χ1) is 6.79. The van der Waals surface area contributed by atoms with Crippen LogP contribution in [-0.4, -0.2) is 4.98 Å². The molecule has 0 spiro atoms. The quantitative estimate of drug-likeness (QED) is 0.718. The van der Waals surface area contributed by atoms with Crippen molar-refractivity contribution in [3.8, 4) is 17.5 Å². The van der Waals surface area contributed by atoms with Crippen LogP contribution in [-0.2, 0) is 0 Å². The lowest BCUT2D eigenvalue weighted by Crippen LogP contribution is -1.77. The molecule has 2 rings (SSSR count). The van der Waals surface area contributed by atoms with Crippen LogP contribution in [0.15, 0.2) is 34.9 Å². The lowest BCUT2D eigenvalue weighted by Gasteiger charge is -1.93. The van der Waals surface area contributed by atoms with Crippen molar-refractivity contribution in [3.05, 3.63) is 41.2 Å². The molecule has 0 saturated carbocycles. The molecule has 0 N–H and O–H groups in total. The van der Waals surface area contributed by atoms with Crippen LogP contribution in [0, 0.1) is 11.3 Å². The number of nitriles is 1. The number of nitrogens with zero attached hydrogens (tertiary/aromatic N) is 2. The van der Waals surface area contributed by atoms with Crippen molar-refractivity contribution in [2.45, 2.75) is 0 Å². The summed E-state index contributed by atoms with van der Waals surface area (Å²) < 4.78 is 5.10. The van der Waals surface area contributed by atoms with Gasteiger partial charge in [-0.25, -0.2) is 0 Å². The van der Waals surface area contributed by atoms with Crippen LogP contribution >= 0.6 is 11.6 Å². The number of oxazole rings is 1. The summed E-state index contributed by atoms with van der Waals surface area (Å²) in [4.78, 5) is 3.96. The van der Waals surface area contributed by atoms with Crippen molar-refractivity contribution < 1.29 is 4.42 Å². The van der Waals surface area contributed by atoms with Crippen LogP contribution in [0.2, 0.25) is 5.02 Å². The second-order valence-corrected chi connectivity index (χ2v) is 3.09. The summed E-state index contributed by atoms with van der Waals surface area (Å²) in [5.41, 5.74) is 1.07. The molecule has 2 aromatic rings. The third-order valence-corrected chi connectivity index (χ3v) is 1.96. The Labute approximate surface area is 85.6 Å². The minimum atomic E-state index is 0.273. The first-order valence-electron chi connectivity index (χ1n) is 3.91. The van der Waals surface area contributed by atoms with E-state index in [1.54, 1.807) is 24.3 Å². The number of aromatic nitrogens is 1. The number of rotatable bonds is 1. The van der Waals surface area contributed by atoms with Gasteiger partial charge in [-0.2, -0.15) is 10.2 Å². The molecular weight excluding hydrogens is 200 g/mol. The summed E-state index contributed by atoms with van der Waals surface area (Å²) in [6.07, 6.45) is 1.32. The summed E-state index contributed by atoms with van der Waals surface area (Å²) in [5.74, 6) is 0.429. The van der Waals surface area contributed by atoms with Gasteiger partial charge in [-0.1, -0.05) is 11.6 Å². The molecule has 0 aliphatic carbocycles. The summed E-state index contributed by atoms with van der Waals surface area (Å²) in [6, 6.07) is 8.96. The van der Waals surface area contributed by atoms with E-state index in [4.69, 9.17) is 21.3 Å². The van der Waals surface area contributed by atoms with Crippen molar-refractivity contribution in [1.82, 2.24) is 4.98 Å². The molecule has 3 nitrogen and oxygen atoms in total. The number of hydrogen-bond donors (Lipinski definition) is 0. The van der Waals surface area contributed by atoms with E-state index >= 15 is 0 Å². The van der Waals surface area contributed by atoms with E-state index in [0.717, 1.165) is 5.56 Å². The van der Waals surface area contributed by atoms with Gasteiger partial charge in [0, 0.05) is 10.6 Å². The van der Waals surface area contributed by atoms with Crippen LogP contribution in [0.25, 0.3) is 11.5 Å². The number of hydrogen-bond acceptors (Lipinski definition) is 3. The lowest BCUT2D eigenvalue weighted by molar-refractivity contribution is 0.574. The van der Waals surface area contributed by atoms with Gasteiger partial charge < -0.3 is 4.42 Å². The predicted octanol–water partition coefficient (Wildman–Crippen LogP) is 2.87. The second kappa shape index (κ2) is 3.52. The Morgan fingerprint density at radius 1 is 1.29 bits per heavy atom. The smallest absolute Gasteiger partial charge is 0.227 e. The molecule has 0 aliphatic heterocycles. The fourth-order valence-electron chi connectivity index (χ4n) is 1.05. The van der Waals surface area contributed by atoms with E-state index in [9.17, 15) is 0 Å². The Kier molecular flexibility index (Phi) is 2.21. The lowest BCUT2D eigenvalue weighted by atomic mass is 10.2. The van der Waals surface area contributed by atoms with Gasteiger partial charge in [0.05, 0.1) is 0 Å². The Hall–Kier alpha value is -1.79. The van der Waals surface area contributed by atoms with E-state index in [1.807, 2.05) is 6.07 Å². The van der Waals surface area contributed by atoms with E-state index in [1.165, 1.54) is 6.26 Å². The van der Waals surface area contributed by atoms with E-state index < -0.39 is 0 Å². The van der Waals surface area contributed by atoms with Crippen LogP contribution in [0.5, 0.6) is 0 Å². The molecule has 0 bridgehead atoms. The molecule has 0 aliphatic rings. The maximum absolute atomic E-state index is 8.55. The highest BCUT2D eigenvalue weighted by Crippen LogP contribution is 2.20. The molecule has 0 unspecified atom stereocenters. The SMILES string of the molecule is N#Cc1coc(-c2ccc(Cl)cc2)n1. The van der Waals surface area contributed by atoms with Crippen molar-refractivity contribution in [2.24, 2.45) is 0 Å². The Balaban J connectivity index is 2.40. The molecule has 1 heterocycles. The fourth-order valence-corrected chi connectivity index (χ4v) is 1.18. The van der Waals surface area contributed by atoms with Crippen LogP contribution in [0.3, 0.4) is 0 Å². The highest BCUT2D eigenvalue weighted by Gasteiger charge is 2.05. The van der Waals surface area contributed by atoms with Crippen molar-refractivity contribution >= 4 is 11.6 Å². The third kappa shape index (κ3) is 1.61. The predicted molar refractivity (Wildman–Crippen MR) is 51.7 cm³/mol. The van der Waals surface area contributed by atoms with E-state index in [0.29, 0.717) is 10.9 Å². The highest BCUT2D eigenvalue weighted by atomic mass is 35.5. The molecule has 1 aromatic carbocycles. The molecule has 0 amide bonds. The van der Waals surface area contributed by atoms with Gasteiger partial charge in [0.25, 0.3) is 0 Å². The van der Waals surface area contributed by atoms with Gasteiger partial charge in [-0.05, 0) is 24.3 Å². The van der Waals surface area contributed by atoms with Gasteiger partial charge in [0.1, 0.15) is 12.3 Å². The maximum atomic E-state index is 8.55. The first-order valence-corrected chi connectivity index (χ1v) is 4.29. The number of benzene rings is 1. The largest absolute Gasteiger partial charge is 0.443 e. The monoisotopic (exact) mass is 204 g/mol. The normalized spacial score (nSPS) is 9.71. The van der Waals surface area contributed by atoms with E-state index in [2.05, 4.69) is 4.98 Å². The minimum absolute atomic E-state index is 0.273. The summed E-state index contributed by atoms with van der Waals surface area (Å²) in [6.45, 7) is 0. The van der Waals surface area contributed by atoms with Gasteiger partial charge >= 0.3 is 0 Å². The summed E-state index contributed by atoms with van der Waals surface area (Å²) in [5, 5.41) is 9.20. The van der Waals surface area contributed by atoms with Gasteiger partial charge in [0.2, 0.25) is 5.89 Å². The van der Waals surface area contributed by atoms with Crippen molar-refractivity contribution in [1.29, 1.82) is 5.26 Å². The molecule has 0 radical (unpaired) electrons. The summed E-state index contributed by atoms with van der Waals surface area (Å²) >= 11 is 5.73. The second-order valence-electron chi connectivity index (χ2n) is 2.66. The van der Waals surface area contributed by atoms with Gasteiger partial charge in [0.15, 0.2) is 5.69 Å².